The van der Waals surface area contributed by atoms with E-state index >= 15 is 0 Å². The van der Waals surface area contributed by atoms with Gasteiger partial charge in [0.15, 0.2) is 5.78 Å². The Kier molecular flexibility index (Phi) is 7.06. The molecule has 0 spiro atoms. The first-order valence-electron chi connectivity index (χ1n) is 11.0. The number of hydrogen-bond donors (Lipinski definition) is 1. The van der Waals surface area contributed by atoms with Crippen molar-refractivity contribution in [1.82, 2.24) is 5.32 Å². The summed E-state index contributed by atoms with van der Waals surface area (Å²) in [6.45, 7) is 9.52. The predicted molar refractivity (Wildman–Crippen MR) is 119 cm³/mol. The maximum Gasteiger partial charge on any atom is 0.337 e. The second-order valence-corrected chi connectivity index (χ2v) is 8.46. The predicted octanol–water partition coefficient (Wildman–Crippen LogP) is 3.65. The van der Waals surface area contributed by atoms with Crippen LogP contribution in [0.5, 0.6) is 5.75 Å². The molecule has 0 saturated heterocycles. The Labute approximate surface area is 188 Å². The first-order chi connectivity index (χ1) is 15.2. The number of carbonyl (C=O) groups is 3. The average Bonchev–Trinajstić information content (AvgIpc) is 2.72. The van der Waals surface area contributed by atoms with Crippen molar-refractivity contribution in [2.45, 2.75) is 53.1 Å². The third kappa shape index (κ3) is 4.29. The molecule has 3 rings (SSSR count). The fourth-order valence-electron chi connectivity index (χ4n) is 4.55. The highest BCUT2D eigenvalue weighted by Crippen LogP contribution is 2.47. The van der Waals surface area contributed by atoms with Gasteiger partial charge in [-0.25, -0.2) is 4.79 Å². The van der Waals surface area contributed by atoms with Gasteiger partial charge in [-0.3, -0.25) is 9.59 Å². The summed E-state index contributed by atoms with van der Waals surface area (Å²) < 4.78 is 16.3. The lowest BCUT2D eigenvalue weighted by molar-refractivity contribution is -0.151. The molecule has 0 aromatic heterocycles. The molecule has 0 amide bonds. The smallest absolute Gasteiger partial charge is 0.337 e. The summed E-state index contributed by atoms with van der Waals surface area (Å²) in [4.78, 5) is 39.4. The zero-order valence-corrected chi connectivity index (χ0v) is 19.5. The van der Waals surface area contributed by atoms with Crippen LogP contribution in [0.4, 0.5) is 0 Å². The van der Waals surface area contributed by atoms with Gasteiger partial charge in [-0.05, 0) is 46.1 Å². The van der Waals surface area contributed by atoms with Crippen LogP contribution in [-0.2, 0) is 23.9 Å². The number of Topliss-reactive ketones (excluding diaryl/α,β-unsaturated/α-hetero) is 1. The molecule has 1 aliphatic heterocycles. The van der Waals surface area contributed by atoms with Crippen molar-refractivity contribution in [2.24, 2.45) is 11.8 Å². The fraction of sp³-hybridized carbons (Fsp3) is 0.480. The minimum atomic E-state index is -0.928. The summed E-state index contributed by atoms with van der Waals surface area (Å²) in [7, 11) is 1.28. The molecule has 1 aliphatic carbocycles. The Morgan fingerprint density at radius 2 is 1.91 bits per heavy atom. The van der Waals surface area contributed by atoms with Gasteiger partial charge in [0.2, 0.25) is 0 Å². The number of esters is 2. The van der Waals surface area contributed by atoms with E-state index in [0.717, 1.165) is 5.70 Å². The lowest BCUT2D eigenvalue weighted by Gasteiger charge is -2.38. The number of nitrogens with one attached hydrogen (secondary N) is 1. The van der Waals surface area contributed by atoms with Crippen LogP contribution in [0.2, 0.25) is 0 Å². The van der Waals surface area contributed by atoms with Gasteiger partial charge in [0.05, 0.1) is 31.3 Å². The average molecular weight is 442 g/mol. The number of hydrogen-bond acceptors (Lipinski definition) is 7. The first-order valence-corrected chi connectivity index (χ1v) is 11.0. The quantitative estimate of drug-likeness (QED) is 0.532. The number of methoxy groups -OCH3 is 1. The summed E-state index contributed by atoms with van der Waals surface area (Å²) in [6.07, 6.45) is 0.156. The fourth-order valence-corrected chi connectivity index (χ4v) is 4.55. The Bertz CT molecular complexity index is 990. The zero-order chi connectivity index (χ0) is 23.6. The van der Waals surface area contributed by atoms with Crippen LogP contribution in [0.15, 0.2) is 46.8 Å². The molecular weight excluding hydrogens is 410 g/mol. The standard InChI is InChI=1S/C25H31NO6/c1-7-31-18-11-9-8-10-16(18)21-20(25(29)32-13(2)3)15(5)26-17-12-14(4)19(24(28)30-6)23(27)22(17)21/h8-11,13-14,19,21,26H,7,12H2,1-6H3. The summed E-state index contributed by atoms with van der Waals surface area (Å²) in [5, 5.41) is 3.26. The highest BCUT2D eigenvalue weighted by molar-refractivity contribution is 6.12. The lowest BCUT2D eigenvalue weighted by atomic mass is 9.69. The lowest BCUT2D eigenvalue weighted by Crippen LogP contribution is -2.43. The van der Waals surface area contributed by atoms with Gasteiger partial charge >= 0.3 is 11.9 Å². The molecule has 2 aliphatic rings. The van der Waals surface area contributed by atoms with Gasteiger partial charge in [0.25, 0.3) is 0 Å². The molecule has 1 N–H and O–H groups in total. The van der Waals surface area contributed by atoms with E-state index in [0.29, 0.717) is 41.2 Å². The molecule has 1 aromatic carbocycles. The second-order valence-electron chi connectivity index (χ2n) is 8.46. The van der Waals surface area contributed by atoms with Crippen molar-refractivity contribution >= 4 is 17.7 Å². The van der Waals surface area contributed by atoms with E-state index in [9.17, 15) is 14.4 Å². The van der Waals surface area contributed by atoms with E-state index in [1.165, 1.54) is 7.11 Å². The zero-order valence-electron chi connectivity index (χ0n) is 19.5. The van der Waals surface area contributed by atoms with Crippen LogP contribution >= 0.6 is 0 Å². The van der Waals surface area contributed by atoms with Gasteiger partial charge in [0, 0.05) is 22.5 Å². The number of carbonyl (C=O) groups excluding carboxylic acids is 3. The third-order valence-corrected chi connectivity index (χ3v) is 5.84. The van der Waals surface area contributed by atoms with Crippen molar-refractivity contribution in [3.05, 3.63) is 52.4 Å². The molecule has 1 heterocycles. The number of benzene rings is 1. The van der Waals surface area contributed by atoms with Crippen molar-refractivity contribution < 1.29 is 28.6 Å². The van der Waals surface area contributed by atoms with Crippen molar-refractivity contribution in [1.29, 1.82) is 0 Å². The van der Waals surface area contributed by atoms with Crippen LogP contribution < -0.4 is 10.1 Å². The number of dihydropyridines is 1. The summed E-state index contributed by atoms with van der Waals surface area (Å²) in [5.74, 6) is -2.71. The Morgan fingerprint density at radius 3 is 2.53 bits per heavy atom. The maximum absolute atomic E-state index is 13.7. The number of rotatable bonds is 6. The van der Waals surface area contributed by atoms with E-state index in [1.54, 1.807) is 20.8 Å². The van der Waals surface area contributed by atoms with Crippen molar-refractivity contribution in [3.8, 4) is 5.75 Å². The topological polar surface area (TPSA) is 90.9 Å². The van der Waals surface area contributed by atoms with Gasteiger partial charge < -0.3 is 19.5 Å². The van der Waals surface area contributed by atoms with Crippen molar-refractivity contribution in [2.75, 3.05) is 13.7 Å². The molecule has 1 aromatic rings. The van der Waals surface area contributed by atoms with Crippen LogP contribution in [0.3, 0.4) is 0 Å². The number of allylic oxidation sites excluding steroid dienone is 3. The number of para-hydroxylation sites is 1. The van der Waals surface area contributed by atoms with E-state index in [1.807, 2.05) is 38.1 Å². The van der Waals surface area contributed by atoms with E-state index in [4.69, 9.17) is 14.2 Å². The molecular formula is C25H31NO6. The Morgan fingerprint density at radius 1 is 1.22 bits per heavy atom. The van der Waals surface area contributed by atoms with Gasteiger partial charge in [-0.2, -0.15) is 0 Å². The SMILES string of the molecule is CCOc1ccccc1C1C(C(=O)OC(C)C)=C(C)NC2=C1C(=O)C(C(=O)OC)C(C)C2. The second kappa shape index (κ2) is 9.59. The highest BCUT2D eigenvalue weighted by atomic mass is 16.5. The largest absolute Gasteiger partial charge is 0.494 e. The monoisotopic (exact) mass is 441 g/mol. The summed E-state index contributed by atoms with van der Waals surface area (Å²) in [6, 6.07) is 7.35. The van der Waals surface area contributed by atoms with Crippen LogP contribution in [0.25, 0.3) is 0 Å². The highest BCUT2D eigenvalue weighted by Gasteiger charge is 2.47. The first kappa shape index (κ1) is 23.6. The Hall–Kier alpha value is -3.09. The molecule has 7 nitrogen and oxygen atoms in total. The van der Waals surface area contributed by atoms with Crippen LogP contribution in [0, 0.1) is 11.8 Å². The van der Waals surface area contributed by atoms with E-state index < -0.39 is 23.8 Å². The minimum Gasteiger partial charge on any atom is -0.494 e. The minimum absolute atomic E-state index is 0.235. The van der Waals surface area contributed by atoms with Crippen molar-refractivity contribution in [3.63, 3.8) is 0 Å². The molecule has 0 bridgehead atoms. The number of ether oxygens (including phenoxy) is 3. The normalized spacial score (nSPS) is 23.0. The summed E-state index contributed by atoms with van der Waals surface area (Å²) >= 11 is 0. The third-order valence-electron chi connectivity index (χ3n) is 5.84. The summed E-state index contributed by atoms with van der Waals surface area (Å²) in [5.41, 5.74) is 2.77. The van der Waals surface area contributed by atoms with Crippen LogP contribution in [-0.4, -0.2) is 37.5 Å². The molecule has 3 atom stereocenters. The van der Waals surface area contributed by atoms with Gasteiger partial charge in [0.1, 0.15) is 11.7 Å². The van der Waals surface area contributed by atoms with Gasteiger partial charge in [-0.15, -0.1) is 0 Å². The maximum atomic E-state index is 13.7. The Balaban J connectivity index is 2.23. The molecule has 172 valence electrons. The number of ketones is 1. The van der Waals surface area contributed by atoms with Gasteiger partial charge in [-0.1, -0.05) is 25.1 Å². The van der Waals surface area contributed by atoms with E-state index in [2.05, 4.69) is 5.32 Å². The van der Waals surface area contributed by atoms with E-state index in [-0.39, 0.29) is 17.8 Å². The molecule has 32 heavy (non-hydrogen) atoms. The molecule has 7 heteroatoms. The van der Waals surface area contributed by atoms with Crippen LogP contribution in [0.1, 0.15) is 52.5 Å². The molecule has 0 saturated carbocycles. The molecule has 0 fully saturated rings. The molecule has 3 unspecified atom stereocenters. The molecule has 0 radical (unpaired) electrons.